The Labute approximate surface area is 106 Å². The standard InChI is InChI=1S/C12H17N3O3/c1-4-7-13-10(16)14(8-5-2)12(18)15(9-6-3)11(13)17/h4-6,10,16H,1-3,7-9H2. The molecule has 0 aromatic rings. The lowest BCUT2D eigenvalue weighted by atomic mass is 10.3. The van der Waals surface area contributed by atoms with Gasteiger partial charge < -0.3 is 5.11 Å². The first-order chi connectivity index (χ1) is 8.58. The van der Waals surface area contributed by atoms with Crippen molar-refractivity contribution < 1.29 is 14.7 Å². The van der Waals surface area contributed by atoms with E-state index in [2.05, 4.69) is 19.7 Å². The zero-order valence-corrected chi connectivity index (χ0v) is 10.2. The summed E-state index contributed by atoms with van der Waals surface area (Å²) in [5.74, 6) is 0. The van der Waals surface area contributed by atoms with Gasteiger partial charge in [0.1, 0.15) is 0 Å². The SMILES string of the molecule is C=CCN1C(=O)N(CC=C)C(O)N(CC=C)C1=O. The van der Waals surface area contributed by atoms with Gasteiger partial charge in [-0.3, -0.25) is 9.80 Å². The summed E-state index contributed by atoms with van der Waals surface area (Å²) in [6, 6.07) is -1.12. The van der Waals surface area contributed by atoms with Crippen molar-refractivity contribution in [2.45, 2.75) is 6.35 Å². The first-order valence-electron chi connectivity index (χ1n) is 5.48. The Hall–Kier alpha value is -2.08. The molecule has 0 unspecified atom stereocenters. The molecule has 1 heterocycles. The highest BCUT2D eigenvalue weighted by Crippen LogP contribution is 2.17. The van der Waals surface area contributed by atoms with E-state index >= 15 is 0 Å². The molecule has 1 N–H and O–H groups in total. The predicted molar refractivity (Wildman–Crippen MR) is 67.5 cm³/mol. The van der Waals surface area contributed by atoms with Gasteiger partial charge in [0.2, 0.25) is 6.35 Å². The number of aliphatic hydroxyl groups excluding tert-OH is 1. The van der Waals surface area contributed by atoms with Crippen LogP contribution >= 0.6 is 0 Å². The monoisotopic (exact) mass is 251 g/mol. The fourth-order valence-electron chi connectivity index (χ4n) is 1.67. The first kappa shape index (κ1) is 14.0. The Bertz CT molecular complexity index is 351. The van der Waals surface area contributed by atoms with E-state index in [1.165, 1.54) is 18.2 Å². The molecule has 1 saturated heterocycles. The molecule has 1 fully saturated rings. The summed E-state index contributed by atoms with van der Waals surface area (Å²) in [4.78, 5) is 27.3. The van der Waals surface area contributed by atoms with Crippen LogP contribution in [0.3, 0.4) is 0 Å². The highest BCUT2D eigenvalue weighted by Gasteiger charge is 2.41. The van der Waals surface area contributed by atoms with E-state index in [-0.39, 0.29) is 19.6 Å². The zero-order chi connectivity index (χ0) is 13.7. The van der Waals surface area contributed by atoms with Crippen LogP contribution in [0.15, 0.2) is 38.0 Å². The molecule has 0 radical (unpaired) electrons. The summed E-state index contributed by atoms with van der Waals surface area (Å²) in [5, 5.41) is 9.98. The van der Waals surface area contributed by atoms with Gasteiger partial charge in [0, 0.05) is 13.1 Å². The van der Waals surface area contributed by atoms with Crippen LogP contribution in [0.25, 0.3) is 0 Å². The average Bonchev–Trinajstić information content (AvgIpc) is 2.35. The van der Waals surface area contributed by atoms with Crippen molar-refractivity contribution in [3.05, 3.63) is 38.0 Å². The van der Waals surface area contributed by atoms with Crippen LogP contribution in [-0.2, 0) is 0 Å². The van der Waals surface area contributed by atoms with Gasteiger partial charge in [0.25, 0.3) is 0 Å². The number of rotatable bonds is 6. The second-order valence-electron chi connectivity index (χ2n) is 3.69. The molecule has 98 valence electrons. The molecule has 1 rings (SSSR count). The maximum Gasteiger partial charge on any atom is 0.332 e. The van der Waals surface area contributed by atoms with Gasteiger partial charge in [-0.15, -0.1) is 19.7 Å². The van der Waals surface area contributed by atoms with Crippen molar-refractivity contribution in [2.75, 3.05) is 19.6 Å². The van der Waals surface area contributed by atoms with Crippen LogP contribution < -0.4 is 0 Å². The predicted octanol–water partition coefficient (Wildman–Crippen LogP) is 0.980. The number of carbonyl (C=O) groups is 2. The Morgan fingerprint density at radius 2 is 1.33 bits per heavy atom. The van der Waals surface area contributed by atoms with E-state index in [0.29, 0.717) is 0 Å². The van der Waals surface area contributed by atoms with E-state index in [1.54, 1.807) is 0 Å². The molecular weight excluding hydrogens is 234 g/mol. The van der Waals surface area contributed by atoms with Crippen LogP contribution in [0.5, 0.6) is 0 Å². The summed E-state index contributed by atoms with van der Waals surface area (Å²) in [5.41, 5.74) is 0. The molecule has 0 atom stereocenters. The topological polar surface area (TPSA) is 64.1 Å². The summed E-state index contributed by atoms with van der Waals surface area (Å²) in [6.07, 6.45) is 3.11. The minimum atomic E-state index is -1.30. The maximum absolute atomic E-state index is 12.0. The fraction of sp³-hybridized carbons (Fsp3) is 0.333. The molecule has 18 heavy (non-hydrogen) atoms. The number of hydrogen-bond acceptors (Lipinski definition) is 3. The number of imide groups is 1. The third-order valence-electron chi connectivity index (χ3n) is 2.47. The highest BCUT2D eigenvalue weighted by atomic mass is 16.3. The van der Waals surface area contributed by atoms with Crippen molar-refractivity contribution >= 4 is 12.1 Å². The molecule has 0 bridgehead atoms. The molecule has 6 heteroatoms. The second kappa shape index (κ2) is 6.02. The van der Waals surface area contributed by atoms with E-state index in [0.717, 1.165) is 14.7 Å². The molecular formula is C12H17N3O3. The van der Waals surface area contributed by atoms with E-state index < -0.39 is 18.4 Å². The smallest absolute Gasteiger partial charge is 0.332 e. The quantitative estimate of drug-likeness (QED) is 0.716. The normalized spacial score (nSPS) is 17.1. The molecule has 0 aliphatic carbocycles. The average molecular weight is 251 g/mol. The third-order valence-corrected chi connectivity index (χ3v) is 2.47. The minimum Gasteiger partial charge on any atom is -0.356 e. The van der Waals surface area contributed by atoms with Crippen molar-refractivity contribution in [3.63, 3.8) is 0 Å². The Morgan fingerprint density at radius 1 is 0.944 bits per heavy atom. The minimum absolute atomic E-state index is 0.0890. The largest absolute Gasteiger partial charge is 0.356 e. The molecule has 0 aromatic carbocycles. The van der Waals surface area contributed by atoms with Crippen LogP contribution in [-0.4, -0.2) is 57.9 Å². The number of aliphatic hydroxyl groups is 1. The van der Waals surface area contributed by atoms with Gasteiger partial charge in [0.05, 0.1) is 6.54 Å². The van der Waals surface area contributed by atoms with Crippen molar-refractivity contribution in [1.82, 2.24) is 14.7 Å². The fourth-order valence-corrected chi connectivity index (χ4v) is 1.67. The first-order valence-corrected chi connectivity index (χ1v) is 5.48. The van der Waals surface area contributed by atoms with Crippen molar-refractivity contribution in [3.8, 4) is 0 Å². The lowest BCUT2D eigenvalue weighted by molar-refractivity contribution is -0.0834. The summed E-state index contributed by atoms with van der Waals surface area (Å²) in [6.45, 7) is 10.9. The number of hydrogen-bond donors (Lipinski definition) is 1. The van der Waals surface area contributed by atoms with Gasteiger partial charge in [-0.25, -0.2) is 14.5 Å². The van der Waals surface area contributed by atoms with Gasteiger partial charge >= 0.3 is 12.1 Å². The van der Waals surface area contributed by atoms with Gasteiger partial charge in [-0.2, -0.15) is 0 Å². The van der Waals surface area contributed by atoms with Crippen LogP contribution in [0.4, 0.5) is 9.59 Å². The number of carbonyl (C=O) groups excluding carboxylic acids is 2. The van der Waals surface area contributed by atoms with E-state index in [4.69, 9.17) is 0 Å². The highest BCUT2D eigenvalue weighted by molar-refractivity contribution is 5.96. The van der Waals surface area contributed by atoms with Gasteiger partial charge in [-0.05, 0) is 0 Å². The van der Waals surface area contributed by atoms with Crippen molar-refractivity contribution in [2.24, 2.45) is 0 Å². The van der Waals surface area contributed by atoms with Crippen molar-refractivity contribution in [1.29, 1.82) is 0 Å². The lowest BCUT2D eigenvalue weighted by Gasteiger charge is -2.43. The Balaban J connectivity index is 3.04. The van der Waals surface area contributed by atoms with E-state index in [9.17, 15) is 14.7 Å². The summed E-state index contributed by atoms with van der Waals surface area (Å²) < 4.78 is 0. The molecule has 4 amide bonds. The Morgan fingerprint density at radius 3 is 1.67 bits per heavy atom. The van der Waals surface area contributed by atoms with Crippen LogP contribution in [0, 0.1) is 0 Å². The molecule has 0 spiro atoms. The number of amides is 4. The summed E-state index contributed by atoms with van der Waals surface area (Å²) >= 11 is 0. The second-order valence-corrected chi connectivity index (χ2v) is 3.69. The van der Waals surface area contributed by atoms with Gasteiger partial charge in [0.15, 0.2) is 0 Å². The third kappa shape index (κ3) is 2.43. The van der Waals surface area contributed by atoms with E-state index in [1.807, 2.05) is 0 Å². The summed E-state index contributed by atoms with van der Waals surface area (Å²) in [7, 11) is 0. The number of nitrogens with zero attached hydrogens (tertiary/aromatic N) is 3. The molecule has 0 saturated carbocycles. The molecule has 1 aliphatic rings. The maximum atomic E-state index is 12.0. The molecule has 6 nitrogen and oxygen atoms in total. The Kier molecular flexibility index (Phi) is 4.67. The zero-order valence-electron chi connectivity index (χ0n) is 10.2. The number of urea groups is 2. The lowest BCUT2D eigenvalue weighted by Crippen LogP contribution is -2.66. The molecule has 0 aromatic heterocycles. The van der Waals surface area contributed by atoms with Crippen LogP contribution in [0.2, 0.25) is 0 Å². The molecule has 1 aliphatic heterocycles. The van der Waals surface area contributed by atoms with Crippen LogP contribution in [0.1, 0.15) is 0 Å². The van der Waals surface area contributed by atoms with Gasteiger partial charge in [-0.1, -0.05) is 18.2 Å².